The van der Waals surface area contributed by atoms with Gasteiger partial charge in [0.2, 0.25) is 5.91 Å². The van der Waals surface area contributed by atoms with Crippen LogP contribution in [0.2, 0.25) is 18.1 Å². The summed E-state index contributed by atoms with van der Waals surface area (Å²) < 4.78 is 11.9. The van der Waals surface area contributed by atoms with E-state index in [1.54, 1.807) is 0 Å². The molecule has 2 amide bonds. The van der Waals surface area contributed by atoms with E-state index in [1.807, 2.05) is 20.8 Å². The number of rotatable bonds is 4. The van der Waals surface area contributed by atoms with E-state index in [1.165, 1.54) is 11.3 Å². The molecule has 1 spiro atoms. The van der Waals surface area contributed by atoms with Crippen molar-refractivity contribution in [2.45, 2.75) is 116 Å². The predicted molar refractivity (Wildman–Crippen MR) is 115 cm³/mol. The Morgan fingerprint density at radius 3 is 2.18 bits per heavy atom. The molecule has 1 heterocycles. The van der Waals surface area contributed by atoms with E-state index >= 15 is 0 Å². The topological polar surface area (TPSA) is 55.8 Å². The van der Waals surface area contributed by atoms with Crippen LogP contribution in [0.5, 0.6) is 0 Å². The van der Waals surface area contributed by atoms with Crippen LogP contribution < -0.4 is 0 Å². The van der Waals surface area contributed by atoms with E-state index in [4.69, 9.17) is 9.16 Å². The smallest absolute Gasteiger partial charge is 0.417 e. The molecule has 2 rings (SSSR count). The molecule has 5 nitrogen and oxygen atoms in total. The summed E-state index contributed by atoms with van der Waals surface area (Å²) in [6.45, 7) is 17.3. The minimum atomic E-state index is -1.85. The maximum absolute atomic E-state index is 13.3. The lowest BCUT2D eigenvalue weighted by atomic mass is 9.72. The molecule has 0 bridgehead atoms. The largest absolute Gasteiger partial charge is 0.443 e. The summed E-state index contributed by atoms with van der Waals surface area (Å²) in [5.74, 6) is -0.0150. The highest BCUT2D eigenvalue weighted by Crippen LogP contribution is 2.48. The minimum Gasteiger partial charge on any atom is -0.443 e. The van der Waals surface area contributed by atoms with Gasteiger partial charge in [0.05, 0.1) is 5.41 Å². The lowest BCUT2D eigenvalue weighted by molar-refractivity contribution is -0.137. The van der Waals surface area contributed by atoms with Gasteiger partial charge < -0.3 is 9.16 Å². The molecular weight excluding hydrogens is 370 g/mol. The SMILES string of the molecule is CC(C)(C)OC(=O)N1C(=O)C2(CCCCC2)C[C@H]1CCO[Si](C)(C)C(C)(C)C. The first-order valence-corrected chi connectivity index (χ1v) is 13.8. The van der Waals surface area contributed by atoms with Gasteiger partial charge in [-0.25, -0.2) is 9.69 Å². The Morgan fingerprint density at radius 2 is 1.68 bits per heavy atom. The van der Waals surface area contributed by atoms with E-state index in [2.05, 4.69) is 33.9 Å². The van der Waals surface area contributed by atoms with Crippen molar-refractivity contribution in [3.05, 3.63) is 0 Å². The third kappa shape index (κ3) is 5.18. The van der Waals surface area contributed by atoms with Crippen LogP contribution in [-0.2, 0) is 14.0 Å². The maximum Gasteiger partial charge on any atom is 0.417 e. The number of hydrogen-bond donors (Lipinski definition) is 0. The summed E-state index contributed by atoms with van der Waals surface area (Å²) in [6, 6.07) is -0.120. The van der Waals surface area contributed by atoms with Crippen LogP contribution >= 0.6 is 0 Å². The molecule has 0 aromatic heterocycles. The van der Waals surface area contributed by atoms with Crippen molar-refractivity contribution >= 4 is 20.3 Å². The second-order valence-corrected chi connectivity index (χ2v) is 16.1. The van der Waals surface area contributed by atoms with Gasteiger partial charge in [-0.2, -0.15) is 0 Å². The van der Waals surface area contributed by atoms with E-state index in [0.29, 0.717) is 13.0 Å². The summed E-state index contributed by atoms with van der Waals surface area (Å²) in [6.07, 6.45) is 6.07. The highest BCUT2D eigenvalue weighted by molar-refractivity contribution is 6.74. The number of carbonyl (C=O) groups excluding carboxylic acids is 2. The van der Waals surface area contributed by atoms with Crippen LogP contribution in [0.4, 0.5) is 4.79 Å². The van der Waals surface area contributed by atoms with Crippen molar-refractivity contribution in [3.8, 4) is 0 Å². The van der Waals surface area contributed by atoms with Crippen LogP contribution in [0.3, 0.4) is 0 Å². The summed E-state index contributed by atoms with van der Waals surface area (Å²) in [5, 5.41) is 0.147. The van der Waals surface area contributed by atoms with Crippen molar-refractivity contribution in [3.63, 3.8) is 0 Å². The van der Waals surface area contributed by atoms with Gasteiger partial charge in [0.1, 0.15) is 5.60 Å². The van der Waals surface area contributed by atoms with E-state index in [-0.39, 0.29) is 22.4 Å². The van der Waals surface area contributed by atoms with Gasteiger partial charge >= 0.3 is 6.09 Å². The van der Waals surface area contributed by atoms with E-state index in [0.717, 1.165) is 32.1 Å². The highest BCUT2D eigenvalue weighted by Gasteiger charge is 2.54. The number of nitrogens with zero attached hydrogens (tertiary/aromatic N) is 1. The Kier molecular flexibility index (Phi) is 6.76. The first-order valence-electron chi connectivity index (χ1n) is 10.9. The Hall–Kier alpha value is -0.883. The van der Waals surface area contributed by atoms with Crippen LogP contribution in [0.25, 0.3) is 0 Å². The van der Waals surface area contributed by atoms with Gasteiger partial charge in [0.15, 0.2) is 8.32 Å². The first kappa shape index (κ1) is 23.4. The summed E-state index contributed by atoms with van der Waals surface area (Å²) in [7, 11) is -1.85. The van der Waals surface area contributed by atoms with Crippen LogP contribution in [-0.4, -0.2) is 43.5 Å². The average Bonchev–Trinajstić information content (AvgIpc) is 2.77. The monoisotopic (exact) mass is 411 g/mol. The van der Waals surface area contributed by atoms with Crippen LogP contribution in [0.1, 0.15) is 86.5 Å². The fourth-order valence-corrected chi connectivity index (χ4v) is 5.20. The standard InChI is InChI=1S/C22H41NO4Si/c1-20(2,3)27-19(25)23-17(12-15-26-28(7,8)21(4,5)6)16-22(18(23)24)13-10-9-11-14-22/h17H,9-16H2,1-8H3/t17-/m1/s1. The van der Waals surface area contributed by atoms with Gasteiger partial charge in [-0.1, -0.05) is 40.0 Å². The summed E-state index contributed by atoms with van der Waals surface area (Å²) >= 11 is 0. The van der Waals surface area contributed by atoms with Crippen molar-refractivity contribution in [1.29, 1.82) is 0 Å². The number of imide groups is 1. The van der Waals surface area contributed by atoms with Crippen molar-refractivity contribution in [2.24, 2.45) is 5.41 Å². The predicted octanol–water partition coefficient (Wildman–Crippen LogP) is 5.88. The number of amides is 2. The average molecular weight is 412 g/mol. The van der Waals surface area contributed by atoms with Crippen molar-refractivity contribution in [2.75, 3.05) is 6.61 Å². The van der Waals surface area contributed by atoms with Crippen molar-refractivity contribution in [1.82, 2.24) is 4.90 Å². The molecule has 2 fully saturated rings. The molecule has 1 aliphatic carbocycles. The maximum atomic E-state index is 13.3. The molecule has 1 atom stereocenters. The molecule has 0 aromatic rings. The Bertz CT molecular complexity index is 582. The number of hydrogen-bond acceptors (Lipinski definition) is 4. The number of ether oxygens (including phenoxy) is 1. The Morgan fingerprint density at radius 1 is 1.11 bits per heavy atom. The second-order valence-electron chi connectivity index (χ2n) is 11.3. The van der Waals surface area contributed by atoms with E-state index < -0.39 is 20.0 Å². The molecule has 2 aliphatic rings. The quantitative estimate of drug-likeness (QED) is 0.542. The zero-order chi connectivity index (χ0) is 21.4. The van der Waals surface area contributed by atoms with Gasteiger partial charge in [0.25, 0.3) is 0 Å². The third-order valence-corrected chi connectivity index (χ3v) is 11.3. The first-order chi connectivity index (χ1) is 12.7. The lowest BCUT2D eigenvalue weighted by Gasteiger charge is -2.36. The molecule has 162 valence electrons. The number of likely N-dealkylation sites (tertiary alicyclic amines) is 1. The molecule has 28 heavy (non-hydrogen) atoms. The molecule has 1 aliphatic heterocycles. The minimum absolute atomic E-state index is 0.0150. The molecule has 0 N–H and O–H groups in total. The van der Waals surface area contributed by atoms with Crippen LogP contribution in [0, 0.1) is 5.41 Å². The Balaban J connectivity index is 2.14. The third-order valence-electron chi connectivity index (χ3n) is 6.79. The molecular formula is C22H41NO4Si. The fourth-order valence-electron chi connectivity index (χ4n) is 4.14. The molecule has 0 unspecified atom stereocenters. The number of carbonyl (C=O) groups is 2. The van der Waals surface area contributed by atoms with Gasteiger partial charge in [-0.05, 0) is 64.6 Å². The van der Waals surface area contributed by atoms with Crippen molar-refractivity contribution < 1.29 is 18.8 Å². The molecule has 0 radical (unpaired) electrons. The fraction of sp³-hybridized carbons (Fsp3) is 0.909. The summed E-state index contributed by atoms with van der Waals surface area (Å²) in [4.78, 5) is 27.6. The van der Waals surface area contributed by atoms with Crippen LogP contribution in [0.15, 0.2) is 0 Å². The second kappa shape index (κ2) is 8.09. The summed E-state index contributed by atoms with van der Waals surface area (Å²) in [5.41, 5.74) is -0.974. The van der Waals surface area contributed by atoms with E-state index in [9.17, 15) is 9.59 Å². The van der Waals surface area contributed by atoms with Gasteiger partial charge in [0, 0.05) is 12.6 Å². The molecule has 1 saturated carbocycles. The van der Waals surface area contributed by atoms with Gasteiger partial charge in [-0.3, -0.25) is 4.79 Å². The lowest BCUT2D eigenvalue weighted by Crippen LogP contribution is -2.45. The molecule has 0 aromatic carbocycles. The van der Waals surface area contributed by atoms with Gasteiger partial charge in [-0.15, -0.1) is 0 Å². The zero-order valence-electron chi connectivity index (χ0n) is 19.3. The molecule has 6 heteroatoms. The Labute approximate surface area is 172 Å². The zero-order valence-corrected chi connectivity index (χ0v) is 20.3. The normalized spacial score (nSPS) is 23.4. The highest BCUT2D eigenvalue weighted by atomic mass is 28.4. The molecule has 1 saturated heterocycles.